The van der Waals surface area contributed by atoms with E-state index in [1.807, 2.05) is 31.2 Å². The summed E-state index contributed by atoms with van der Waals surface area (Å²) in [5.74, 6) is 0.0750. The Labute approximate surface area is 146 Å². The Morgan fingerprint density at radius 3 is 1.88 bits per heavy atom. The first kappa shape index (κ1) is 19.0. The molecule has 1 amide bonds. The van der Waals surface area contributed by atoms with Crippen molar-refractivity contribution in [2.24, 2.45) is 5.92 Å². The van der Waals surface area contributed by atoms with Crippen molar-refractivity contribution in [3.05, 3.63) is 59.7 Å². The van der Waals surface area contributed by atoms with Crippen LogP contribution >= 0.6 is 0 Å². The predicted octanol–water partition coefficient (Wildman–Crippen LogP) is 5.03. The van der Waals surface area contributed by atoms with Crippen molar-refractivity contribution in [1.82, 2.24) is 4.90 Å². The van der Waals surface area contributed by atoms with Gasteiger partial charge in [0.15, 0.2) is 0 Å². The zero-order valence-electron chi connectivity index (χ0n) is 14.6. The van der Waals surface area contributed by atoms with Crippen molar-refractivity contribution >= 4 is 5.91 Å². The Morgan fingerprint density at radius 2 is 1.44 bits per heavy atom. The molecule has 25 heavy (non-hydrogen) atoms. The number of rotatable bonds is 5. The van der Waals surface area contributed by atoms with Crippen molar-refractivity contribution in [2.45, 2.75) is 25.9 Å². The van der Waals surface area contributed by atoms with Gasteiger partial charge in [0.1, 0.15) is 0 Å². The third kappa shape index (κ3) is 5.08. The molecular formula is C20H22F3NO. The number of nitrogens with zero attached hydrogens (tertiary/aromatic N) is 1. The molecule has 0 spiro atoms. The normalized spacial score (nSPS) is 12.7. The van der Waals surface area contributed by atoms with Crippen molar-refractivity contribution in [3.63, 3.8) is 0 Å². The molecule has 0 aromatic heterocycles. The van der Waals surface area contributed by atoms with Crippen LogP contribution in [0.1, 0.15) is 24.5 Å². The summed E-state index contributed by atoms with van der Waals surface area (Å²) in [4.78, 5) is 13.4. The Balaban J connectivity index is 2.01. The second kappa shape index (κ2) is 7.72. The lowest BCUT2D eigenvalue weighted by Gasteiger charge is -2.16. The van der Waals surface area contributed by atoms with E-state index in [-0.39, 0.29) is 11.8 Å². The molecule has 5 heteroatoms. The van der Waals surface area contributed by atoms with E-state index in [0.29, 0.717) is 0 Å². The molecule has 0 N–H and O–H groups in total. The molecule has 0 aliphatic heterocycles. The number of alkyl halides is 3. The number of aryl methyl sites for hydroxylation is 1. The van der Waals surface area contributed by atoms with Crippen LogP contribution in [0.3, 0.4) is 0 Å². The summed E-state index contributed by atoms with van der Waals surface area (Å²) in [6, 6.07) is 12.9. The molecule has 0 fully saturated rings. The first-order valence-electron chi connectivity index (χ1n) is 8.16. The predicted molar refractivity (Wildman–Crippen MR) is 93.1 cm³/mol. The van der Waals surface area contributed by atoms with Gasteiger partial charge >= 0.3 is 6.18 Å². The fourth-order valence-corrected chi connectivity index (χ4v) is 2.66. The van der Waals surface area contributed by atoms with Gasteiger partial charge in [0.2, 0.25) is 5.91 Å². The second-order valence-corrected chi connectivity index (χ2v) is 6.44. The van der Waals surface area contributed by atoms with Gasteiger partial charge in [-0.05, 0) is 41.7 Å². The molecule has 134 valence electrons. The van der Waals surface area contributed by atoms with Gasteiger partial charge in [0.05, 0.1) is 5.56 Å². The lowest BCUT2D eigenvalue weighted by atomic mass is 9.97. The summed E-state index contributed by atoms with van der Waals surface area (Å²) in [6.45, 7) is 1.92. The molecule has 2 rings (SSSR count). The number of benzene rings is 2. The third-order valence-corrected chi connectivity index (χ3v) is 4.23. The summed E-state index contributed by atoms with van der Waals surface area (Å²) in [6.07, 6.45) is -2.77. The molecule has 1 unspecified atom stereocenters. The van der Waals surface area contributed by atoms with Gasteiger partial charge in [0.25, 0.3) is 0 Å². The standard InChI is InChI=1S/C20H22F3NO/c1-14(19(25)24(2)3)4-5-15-6-8-16(9-7-15)17-10-12-18(13-11-17)20(21,22)23/h6-14H,4-5H2,1-3H3. The maximum Gasteiger partial charge on any atom is 0.416 e. The third-order valence-electron chi connectivity index (χ3n) is 4.23. The molecule has 0 aliphatic rings. The first-order chi connectivity index (χ1) is 11.7. The molecule has 0 saturated carbocycles. The molecular weight excluding hydrogens is 327 g/mol. The van der Waals surface area contributed by atoms with Crippen molar-refractivity contribution in [2.75, 3.05) is 14.1 Å². The monoisotopic (exact) mass is 349 g/mol. The molecule has 2 aromatic carbocycles. The van der Waals surface area contributed by atoms with Gasteiger partial charge in [-0.3, -0.25) is 4.79 Å². The Bertz CT molecular complexity index is 703. The summed E-state index contributed by atoms with van der Waals surface area (Å²) < 4.78 is 37.8. The quantitative estimate of drug-likeness (QED) is 0.741. The lowest BCUT2D eigenvalue weighted by molar-refractivity contribution is -0.137. The van der Waals surface area contributed by atoms with Crippen LogP contribution < -0.4 is 0 Å². The molecule has 0 heterocycles. The van der Waals surface area contributed by atoms with Crippen LogP contribution in [-0.4, -0.2) is 24.9 Å². The second-order valence-electron chi connectivity index (χ2n) is 6.44. The molecule has 0 aliphatic carbocycles. The van der Waals surface area contributed by atoms with E-state index in [0.717, 1.165) is 41.7 Å². The SMILES string of the molecule is CC(CCc1ccc(-c2ccc(C(F)(F)F)cc2)cc1)C(=O)N(C)C. The smallest absolute Gasteiger partial charge is 0.349 e. The topological polar surface area (TPSA) is 20.3 Å². The Morgan fingerprint density at radius 1 is 0.960 bits per heavy atom. The van der Waals surface area contributed by atoms with E-state index in [1.54, 1.807) is 19.0 Å². The maximum atomic E-state index is 12.6. The number of hydrogen-bond donors (Lipinski definition) is 0. The van der Waals surface area contributed by atoms with E-state index in [1.165, 1.54) is 12.1 Å². The fourth-order valence-electron chi connectivity index (χ4n) is 2.66. The number of halogens is 3. The van der Waals surface area contributed by atoms with Crippen LogP contribution in [-0.2, 0) is 17.4 Å². The number of amides is 1. The molecule has 0 bridgehead atoms. The average molecular weight is 349 g/mol. The first-order valence-corrected chi connectivity index (χ1v) is 8.16. The highest BCUT2D eigenvalue weighted by molar-refractivity contribution is 5.77. The minimum absolute atomic E-state index is 0.0374. The molecule has 2 nitrogen and oxygen atoms in total. The summed E-state index contributed by atoms with van der Waals surface area (Å²) >= 11 is 0. The van der Waals surface area contributed by atoms with Gasteiger partial charge in [-0.25, -0.2) is 0 Å². The zero-order valence-corrected chi connectivity index (χ0v) is 14.6. The molecule has 0 radical (unpaired) electrons. The van der Waals surface area contributed by atoms with Crippen LogP contribution in [0.5, 0.6) is 0 Å². The van der Waals surface area contributed by atoms with Crippen LogP contribution in [0.15, 0.2) is 48.5 Å². The molecule has 0 saturated heterocycles. The van der Waals surface area contributed by atoms with E-state index in [4.69, 9.17) is 0 Å². The van der Waals surface area contributed by atoms with Crippen LogP contribution in [0, 0.1) is 5.92 Å². The molecule has 1 atom stereocenters. The zero-order chi connectivity index (χ0) is 18.6. The summed E-state index contributed by atoms with van der Waals surface area (Å²) in [7, 11) is 3.50. The van der Waals surface area contributed by atoms with Crippen LogP contribution in [0.4, 0.5) is 13.2 Å². The highest BCUT2D eigenvalue weighted by atomic mass is 19.4. The number of carbonyl (C=O) groups is 1. The summed E-state index contributed by atoms with van der Waals surface area (Å²) in [5, 5.41) is 0. The van der Waals surface area contributed by atoms with E-state index < -0.39 is 11.7 Å². The summed E-state index contributed by atoms with van der Waals surface area (Å²) in [5.41, 5.74) is 2.08. The van der Waals surface area contributed by atoms with E-state index in [2.05, 4.69) is 0 Å². The van der Waals surface area contributed by atoms with E-state index >= 15 is 0 Å². The van der Waals surface area contributed by atoms with E-state index in [9.17, 15) is 18.0 Å². The highest BCUT2D eigenvalue weighted by Crippen LogP contribution is 2.31. The Kier molecular flexibility index (Phi) is 5.88. The largest absolute Gasteiger partial charge is 0.416 e. The van der Waals surface area contributed by atoms with Crippen LogP contribution in [0.25, 0.3) is 11.1 Å². The fraction of sp³-hybridized carbons (Fsp3) is 0.350. The number of hydrogen-bond acceptors (Lipinski definition) is 1. The molecule has 2 aromatic rings. The van der Waals surface area contributed by atoms with Crippen molar-refractivity contribution < 1.29 is 18.0 Å². The lowest BCUT2D eigenvalue weighted by Crippen LogP contribution is -2.28. The minimum atomic E-state index is -4.32. The van der Waals surface area contributed by atoms with Gasteiger partial charge < -0.3 is 4.90 Å². The van der Waals surface area contributed by atoms with Crippen molar-refractivity contribution in [1.29, 1.82) is 0 Å². The van der Waals surface area contributed by atoms with Gasteiger partial charge in [-0.15, -0.1) is 0 Å². The average Bonchev–Trinajstić information content (AvgIpc) is 2.58. The maximum absolute atomic E-state index is 12.6. The Hall–Kier alpha value is -2.30. The van der Waals surface area contributed by atoms with Crippen LogP contribution in [0.2, 0.25) is 0 Å². The van der Waals surface area contributed by atoms with Gasteiger partial charge in [0, 0.05) is 20.0 Å². The van der Waals surface area contributed by atoms with Gasteiger partial charge in [-0.1, -0.05) is 43.3 Å². The van der Waals surface area contributed by atoms with Gasteiger partial charge in [-0.2, -0.15) is 13.2 Å². The highest BCUT2D eigenvalue weighted by Gasteiger charge is 2.29. The number of carbonyl (C=O) groups excluding carboxylic acids is 1. The van der Waals surface area contributed by atoms with Crippen molar-refractivity contribution in [3.8, 4) is 11.1 Å². The minimum Gasteiger partial charge on any atom is -0.349 e.